The Balaban J connectivity index is 1.66. The molecule has 2 aromatic heterocycles. The molecule has 0 saturated carbocycles. The van der Waals surface area contributed by atoms with Gasteiger partial charge in [-0.05, 0) is 43.9 Å². The van der Waals surface area contributed by atoms with E-state index in [0.717, 1.165) is 27.7 Å². The van der Waals surface area contributed by atoms with Gasteiger partial charge in [-0.3, -0.25) is 14.9 Å². The molecule has 3 N–H and O–H groups in total. The van der Waals surface area contributed by atoms with Gasteiger partial charge in [0.2, 0.25) is 0 Å². The van der Waals surface area contributed by atoms with Gasteiger partial charge in [0.25, 0.3) is 5.91 Å². The maximum absolute atomic E-state index is 13.0. The Hall–Kier alpha value is -2.94. The number of hydrogen-bond donors (Lipinski definition) is 3. The third-order valence-corrected chi connectivity index (χ3v) is 7.09. The monoisotopic (exact) mass is 427 g/mol. The molecule has 8 nitrogen and oxygen atoms in total. The number of pyridine rings is 1. The summed E-state index contributed by atoms with van der Waals surface area (Å²) in [5.41, 5.74) is 3.87. The van der Waals surface area contributed by atoms with Crippen LogP contribution >= 0.6 is 0 Å². The Morgan fingerprint density at radius 1 is 1.27 bits per heavy atom. The number of nitrogens with zero attached hydrogens (tertiary/aromatic N) is 2. The van der Waals surface area contributed by atoms with Crippen molar-refractivity contribution in [1.82, 2.24) is 20.5 Å². The molecule has 30 heavy (non-hydrogen) atoms. The second kappa shape index (κ2) is 8.06. The van der Waals surface area contributed by atoms with Gasteiger partial charge < -0.3 is 10.6 Å². The van der Waals surface area contributed by atoms with Crippen LogP contribution in [0.4, 0.5) is 5.69 Å². The van der Waals surface area contributed by atoms with E-state index >= 15 is 0 Å². The number of carbonyl (C=O) groups excluding carboxylic acids is 1. The van der Waals surface area contributed by atoms with Gasteiger partial charge in [-0.1, -0.05) is 6.07 Å². The fraction of sp³-hybridized carbons (Fsp3) is 0.381. The number of sulfone groups is 1. The van der Waals surface area contributed by atoms with Crippen molar-refractivity contribution < 1.29 is 13.2 Å². The number of nitrogens with one attached hydrogen (secondary N) is 3. The maximum Gasteiger partial charge on any atom is 0.254 e. The Labute approximate surface area is 175 Å². The molecular weight excluding hydrogens is 402 g/mol. The van der Waals surface area contributed by atoms with Crippen molar-refractivity contribution in [2.75, 3.05) is 23.4 Å². The van der Waals surface area contributed by atoms with Gasteiger partial charge in [-0.25, -0.2) is 8.42 Å². The van der Waals surface area contributed by atoms with E-state index in [1.165, 1.54) is 0 Å². The summed E-state index contributed by atoms with van der Waals surface area (Å²) in [5, 5.41) is 14.0. The zero-order chi connectivity index (χ0) is 21.3. The van der Waals surface area contributed by atoms with Crippen LogP contribution in [0.15, 0.2) is 36.8 Å². The highest BCUT2D eigenvalue weighted by atomic mass is 32.2. The average molecular weight is 428 g/mol. The van der Waals surface area contributed by atoms with E-state index in [0.29, 0.717) is 18.5 Å². The number of H-pyrrole nitrogens is 1. The highest BCUT2D eigenvalue weighted by molar-refractivity contribution is 7.91. The summed E-state index contributed by atoms with van der Waals surface area (Å²) < 4.78 is 23.3. The Morgan fingerprint density at radius 2 is 2.10 bits per heavy atom. The van der Waals surface area contributed by atoms with E-state index in [2.05, 4.69) is 25.8 Å². The van der Waals surface area contributed by atoms with Crippen LogP contribution in [-0.2, 0) is 9.84 Å². The third kappa shape index (κ3) is 4.30. The van der Waals surface area contributed by atoms with Gasteiger partial charge in [-0.15, -0.1) is 0 Å². The summed E-state index contributed by atoms with van der Waals surface area (Å²) in [7, 11) is -2.97. The SMILES string of the molecule is CC(C)Nc1c(C(=O)NCC2CCS(=O)(=O)C2)cnc2ccc(-c3cn[nH]c3)cc12. The van der Waals surface area contributed by atoms with Crippen molar-refractivity contribution in [3.63, 3.8) is 0 Å². The van der Waals surface area contributed by atoms with Crippen molar-refractivity contribution in [3.05, 3.63) is 42.4 Å². The lowest BCUT2D eigenvalue weighted by Gasteiger charge is -2.18. The molecule has 0 bridgehead atoms. The molecule has 4 rings (SSSR count). The van der Waals surface area contributed by atoms with E-state index in [9.17, 15) is 13.2 Å². The van der Waals surface area contributed by atoms with Crippen molar-refractivity contribution in [1.29, 1.82) is 0 Å². The van der Waals surface area contributed by atoms with Crippen LogP contribution in [0.25, 0.3) is 22.0 Å². The Morgan fingerprint density at radius 3 is 2.77 bits per heavy atom. The molecule has 1 amide bonds. The lowest BCUT2D eigenvalue weighted by atomic mass is 10.0. The maximum atomic E-state index is 13.0. The molecule has 3 heterocycles. The number of aromatic amines is 1. The lowest BCUT2D eigenvalue weighted by molar-refractivity contribution is 0.0949. The minimum atomic E-state index is -2.97. The molecule has 1 aliphatic rings. The summed E-state index contributed by atoms with van der Waals surface area (Å²) >= 11 is 0. The molecule has 1 atom stereocenters. The van der Waals surface area contributed by atoms with Gasteiger partial charge in [-0.2, -0.15) is 5.10 Å². The van der Waals surface area contributed by atoms with Gasteiger partial charge in [0, 0.05) is 35.9 Å². The fourth-order valence-corrected chi connectivity index (χ4v) is 5.62. The third-order valence-electron chi connectivity index (χ3n) is 5.26. The van der Waals surface area contributed by atoms with E-state index < -0.39 is 9.84 Å². The van der Waals surface area contributed by atoms with Gasteiger partial charge >= 0.3 is 0 Å². The highest BCUT2D eigenvalue weighted by Gasteiger charge is 2.28. The molecule has 158 valence electrons. The Bertz CT molecular complexity index is 1170. The van der Waals surface area contributed by atoms with E-state index in [4.69, 9.17) is 0 Å². The summed E-state index contributed by atoms with van der Waals surface area (Å²) in [6, 6.07) is 6.01. The Kier molecular flexibility index (Phi) is 5.46. The first kappa shape index (κ1) is 20.3. The van der Waals surface area contributed by atoms with Crippen molar-refractivity contribution in [2.45, 2.75) is 26.3 Å². The smallest absolute Gasteiger partial charge is 0.254 e. The normalized spacial score (nSPS) is 18.0. The van der Waals surface area contributed by atoms with E-state index in [1.807, 2.05) is 38.2 Å². The number of amides is 1. The summed E-state index contributed by atoms with van der Waals surface area (Å²) in [4.78, 5) is 17.4. The molecule has 9 heteroatoms. The highest BCUT2D eigenvalue weighted by Crippen LogP contribution is 2.31. The van der Waals surface area contributed by atoms with Crippen LogP contribution in [-0.4, -0.2) is 53.6 Å². The molecule has 0 radical (unpaired) electrons. The standard InChI is InChI=1S/C21H25N5O3S/c1-13(2)26-20-17-7-15(16-9-24-25-10-16)3-4-19(17)22-11-18(20)21(27)23-8-14-5-6-30(28,29)12-14/h3-4,7,9-11,13-14H,5-6,8,12H2,1-2H3,(H,22,26)(H,23,27)(H,24,25). The number of carbonyl (C=O) groups is 1. The van der Waals surface area contributed by atoms with E-state index in [1.54, 1.807) is 12.4 Å². The number of fused-ring (bicyclic) bond motifs is 1. The topological polar surface area (TPSA) is 117 Å². The summed E-state index contributed by atoms with van der Waals surface area (Å²) in [6.07, 6.45) is 5.72. The van der Waals surface area contributed by atoms with Gasteiger partial charge in [0.1, 0.15) is 0 Å². The fourth-order valence-electron chi connectivity index (χ4n) is 3.76. The minimum Gasteiger partial charge on any atom is -0.382 e. The predicted molar refractivity (Wildman–Crippen MR) is 117 cm³/mol. The summed E-state index contributed by atoms with van der Waals surface area (Å²) in [6.45, 7) is 4.36. The van der Waals surface area contributed by atoms with Gasteiger partial charge in [0.05, 0.1) is 34.5 Å². The van der Waals surface area contributed by atoms with E-state index in [-0.39, 0.29) is 29.4 Å². The molecule has 1 fully saturated rings. The number of rotatable bonds is 6. The first-order chi connectivity index (χ1) is 14.3. The van der Waals surface area contributed by atoms with Crippen LogP contribution in [0.3, 0.4) is 0 Å². The van der Waals surface area contributed by atoms with Gasteiger partial charge in [0.15, 0.2) is 9.84 Å². The second-order valence-electron chi connectivity index (χ2n) is 8.04. The number of hydrogen-bond acceptors (Lipinski definition) is 6. The van der Waals surface area contributed by atoms with Crippen LogP contribution in [0, 0.1) is 5.92 Å². The molecule has 1 aromatic carbocycles. The van der Waals surface area contributed by atoms with Crippen LogP contribution in [0.5, 0.6) is 0 Å². The van der Waals surface area contributed by atoms with Crippen molar-refractivity contribution >= 4 is 32.3 Å². The van der Waals surface area contributed by atoms with Crippen molar-refractivity contribution in [3.8, 4) is 11.1 Å². The molecule has 1 saturated heterocycles. The first-order valence-corrected chi connectivity index (χ1v) is 11.8. The van der Waals surface area contributed by atoms with Crippen LogP contribution in [0.2, 0.25) is 0 Å². The zero-order valence-electron chi connectivity index (χ0n) is 17.0. The lowest BCUT2D eigenvalue weighted by Crippen LogP contribution is -2.31. The molecule has 0 aliphatic carbocycles. The molecule has 1 unspecified atom stereocenters. The molecule has 3 aromatic rings. The number of benzene rings is 1. The second-order valence-corrected chi connectivity index (χ2v) is 10.3. The van der Waals surface area contributed by atoms with Crippen LogP contribution in [0.1, 0.15) is 30.6 Å². The largest absolute Gasteiger partial charge is 0.382 e. The predicted octanol–water partition coefficient (Wildman–Crippen LogP) is 2.61. The molecule has 0 spiro atoms. The number of aromatic nitrogens is 3. The molecule has 1 aliphatic heterocycles. The quantitative estimate of drug-likeness (QED) is 0.557. The molecular formula is C21H25N5O3S. The van der Waals surface area contributed by atoms with Crippen LogP contribution < -0.4 is 10.6 Å². The first-order valence-electron chi connectivity index (χ1n) is 9.99. The minimum absolute atomic E-state index is 0.0402. The average Bonchev–Trinajstić information content (AvgIpc) is 3.35. The van der Waals surface area contributed by atoms with Crippen molar-refractivity contribution in [2.24, 2.45) is 5.92 Å². The number of anilines is 1. The zero-order valence-corrected chi connectivity index (χ0v) is 17.8. The summed E-state index contributed by atoms with van der Waals surface area (Å²) in [5.74, 6) is 0.0308.